The number of pyridine rings is 1. The molecule has 0 saturated heterocycles. The van der Waals surface area contributed by atoms with Gasteiger partial charge in [-0.1, -0.05) is 0 Å². The summed E-state index contributed by atoms with van der Waals surface area (Å²) in [7, 11) is 1.27. The molecule has 0 aliphatic carbocycles. The van der Waals surface area contributed by atoms with Gasteiger partial charge in [0.2, 0.25) is 5.88 Å². The van der Waals surface area contributed by atoms with E-state index in [1.165, 1.54) is 32.4 Å². The van der Waals surface area contributed by atoms with E-state index in [-0.39, 0.29) is 12.5 Å². The monoisotopic (exact) mass is 225 g/mol. The second-order valence-corrected chi connectivity index (χ2v) is 2.79. The number of carbonyl (C=O) groups excluding carboxylic acids is 2. The Morgan fingerprint density at radius 3 is 2.62 bits per heavy atom. The molecule has 0 bridgehead atoms. The first-order valence-corrected chi connectivity index (χ1v) is 4.46. The highest BCUT2D eigenvalue weighted by molar-refractivity contribution is 5.70. The SMILES string of the molecule is COC(=O)COc1ccc(OC(C)=O)cn1. The van der Waals surface area contributed by atoms with Gasteiger partial charge in [0.15, 0.2) is 6.61 Å². The molecule has 16 heavy (non-hydrogen) atoms. The molecule has 0 spiro atoms. The predicted molar refractivity (Wildman–Crippen MR) is 53.1 cm³/mol. The lowest BCUT2D eigenvalue weighted by molar-refractivity contribution is -0.143. The molecule has 0 N–H and O–H groups in total. The molecule has 1 aromatic rings. The van der Waals surface area contributed by atoms with E-state index in [2.05, 4.69) is 9.72 Å². The van der Waals surface area contributed by atoms with Crippen LogP contribution in [0.5, 0.6) is 11.6 Å². The lowest BCUT2D eigenvalue weighted by Crippen LogP contribution is -2.13. The van der Waals surface area contributed by atoms with Gasteiger partial charge in [-0.2, -0.15) is 0 Å². The normalized spacial score (nSPS) is 9.38. The molecule has 0 saturated carbocycles. The molecule has 0 unspecified atom stereocenters. The molecular weight excluding hydrogens is 214 g/mol. The average molecular weight is 225 g/mol. The fraction of sp³-hybridized carbons (Fsp3) is 0.300. The van der Waals surface area contributed by atoms with Crippen LogP contribution < -0.4 is 9.47 Å². The zero-order valence-electron chi connectivity index (χ0n) is 8.93. The van der Waals surface area contributed by atoms with E-state index in [1.807, 2.05) is 0 Å². The zero-order chi connectivity index (χ0) is 12.0. The van der Waals surface area contributed by atoms with E-state index in [9.17, 15) is 9.59 Å². The van der Waals surface area contributed by atoms with E-state index >= 15 is 0 Å². The number of carbonyl (C=O) groups is 2. The topological polar surface area (TPSA) is 74.7 Å². The van der Waals surface area contributed by atoms with E-state index in [4.69, 9.17) is 9.47 Å². The molecule has 1 rings (SSSR count). The number of aromatic nitrogens is 1. The summed E-state index contributed by atoms with van der Waals surface area (Å²) in [5.74, 6) is -0.352. The van der Waals surface area contributed by atoms with E-state index in [0.29, 0.717) is 5.75 Å². The lowest BCUT2D eigenvalue weighted by atomic mass is 10.4. The third-order valence-electron chi connectivity index (χ3n) is 1.54. The third-order valence-corrected chi connectivity index (χ3v) is 1.54. The Labute approximate surface area is 92.1 Å². The molecule has 6 nitrogen and oxygen atoms in total. The Bertz CT molecular complexity index is 373. The molecule has 6 heteroatoms. The van der Waals surface area contributed by atoms with Crippen LogP contribution in [0.15, 0.2) is 18.3 Å². The number of nitrogens with zero attached hydrogens (tertiary/aromatic N) is 1. The van der Waals surface area contributed by atoms with Gasteiger partial charge in [0.1, 0.15) is 5.75 Å². The highest BCUT2D eigenvalue weighted by Crippen LogP contribution is 2.13. The van der Waals surface area contributed by atoms with Crippen molar-refractivity contribution in [3.63, 3.8) is 0 Å². The highest BCUT2D eigenvalue weighted by Gasteiger charge is 2.03. The average Bonchev–Trinajstić information content (AvgIpc) is 2.27. The standard InChI is InChI=1S/C10H11NO5/c1-7(12)16-8-3-4-9(11-5-8)15-6-10(13)14-2/h3-5H,6H2,1-2H3. The summed E-state index contributed by atoms with van der Waals surface area (Å²) in [6.07, 6.45) is 1.33. The molecule has 0 aromatic carbocycles. The molecule has 1 heterocycles. The maximum atomic E-state index is 10.8. The van der Waals surface area contributed by atoms with Crippen LogP contribution >= 0.6 is 0 Å². The minimum Gasteiger partial charge on any atom is -0.466 e. The number of hydrogen-bond acceptors (Lipinski definition) is 6. The Morgan fingerprint density at radius 1 is 1.38 bits per heavy atom. The summed E-state index contributed by atoms with van der Waals surface area (Å²) in [6.45, 7) is 1.08. The Balaban J connectivity index is 2.51. The maximum Gasteiger partial charge on any atom is 0.343 e. The number of esters is 2. The molecule has 0 aliphatic rings. The van der Waals surface area contributed by atoms with Crippen LogP contribution in [-0.4, -0.2) is 30.6 Å². The first-order chi connectivity index (χ1) is 7.61. The van der Waals surface area contributed by atoms with Crippen LogP contribution in [0.25, 0.3) is 0 Å². The molecule has 86 valence electrons. The summed E-state index contributed by atoms with van der Waals surface area (Å²) >= 11 is 0. The van der Waals surface area contributed by atoms with Crippen LogP contribution in [0, 0.1) is 0 Å². The van der Waals surface area contributed by atoms with Gasteiger partial charge in [0, 0.05) is 13.0 Å². The van der Waals surface area contributed by atoms with Crippen molar-refractivity contribution >= 4 is 11.9 Å². The van der Waals surface area contributed by atoms with Crippen LogP contribution in [0.1, 0.15) is 6.92 Å². The largest absolute Gasteiger partial charge is 0.466 e. The smallest absolute Gasteiger partial charge is 0.343 e. The Hall–Kier alpha value is -2.11. The number of hydrogen-bond donors (Lipinski definition) is 0. The van der Waals surface area contributed by atoms with Crippen molar-refractivity contribution in [3.8, 4) is 11.6 Å². The van der Waals surface area contributed by atoms with Crippen LogP contribution in [0.4, 0.5) is 0 Å². The number of rotatable bonds is 4. The molecular formula is C10H11NO5. The fourth-order valence-corrected chi connectivity index (χ4v) is 0.870. The fourth-order valence-electron chi connectivity index (χ4n) is 0.870. The summed E-state index contributed by atoms with van der Waals surface area (Å²) in [4.78, 5) is 25.2. The van der Waals surface area contributed by atoms with Crippen molar-refractivity contribution in [1.29, 1.82) is 0 Å². The molecule has 1 aromatic heterocycles. The van der Waals surface area contributed by atoms with Gasteiger partial charge >= 0.3 is 11.9 Å². The second kappa shape index (κ2) is 5.69. The first-order valence-electron chi connectivity index (χ1n) is 4.46. The summed E-state index contributed by atoms with van der Waals surface area (Å²) in [5, 5.41) is 0. The minimum absolute atomic E-state index is 0.212. The second-order valence-electron chi connectivity index (χ2n) is 2.79. The van der Waals surface area contributed by atoms with Crippen LogP contribution in [0.2, 0.25) is 0 Å². The van der Waals surface area contributed by atoms with Gasteiger partial charge in [-0.05, 0) is 6.07 Å². The Morgan fingerprint density at radius 2 is 2.12 bits per heavy atom. The van der Waals surface area contributed by atoms with E-state index in [1.54, 1.807) is 0 Å². The summed E-state index contributed by atoms with van der Waals surface area (Å²) in [6, 6.07) is 3.00. The van der Waals surface area contributed by atoms with Gasteiger partial charge in [0.25, 0.3) is 0 Å². The van der Waals surface area contributed by atoms with Gasteiger partial charge in [0.05, 0.1) is 13.3 Å². The van der Waals surface area contributed by atoms with Crippen molar-refractivity contribution in [2.75, 3.05) is 13.7 Å². The van der Waals surface area contributed by atoms with Crippen LogP contribution in [-0.2, 0) is 14.3 Å². The van der Waals surface area contributed by atoms with Crippen molar-refractivity contribution in [1.82, 2.24) is 4.98 Å². The van der Waals surface area contributed by atoms with Gasteiger partial charge < -0.3 is 14.2 Å². The van der Waals surface area contributed by atoms with Gasteiger partial charge in [-0.3, -0.25) is 4.79 Å². The van der Waals surface area contributed by atoms with Crippen molar-refractivity contribution < 1.29 is 23.8 Å². The van der Waals surface area contributed by atoms with Crippen molar-refractivity contribution in [2.45, 2.75) is 6.92 Å². The minimum atomic E-state index is -0.495. The highest BCUT2D eigenvalue weighted by atomic mass is 16.6. The van der Waals surface area contributed by atoms with Crippen molar-refractivity contribution in [2.24, 2.45) is 0 Å². The maximum absolute atomic E-state index is 10.8. The Kier molecular flexibility index (Phi) is 4.26. The van der Waals surface area contributed by atoms with Gasteiger partial charge in [-0.15, -0.1) is 0 Å². The van der Waals surface area contributed by atoms with Crippen LogP contribution in [0.3, 0.4) is 0 Å². The van der Waals surface area contributed by atoms with Crippen molar-refractivity contribution in [3.05, 3.63) is 18.3 Å². The molecule has 0 radical (unpaired) electrons. The number of ether oxygens (including phenoxy) is 3. The summed E-state index contributed by atoms with van der Waals surface area (Å²) in [5.41, 5.74) is 0. The number of methoxy groups -OCH3 is 1. The molecule has 0 amide bonds. The quantitative estimate of drug-likeness (QED) is 0.697. The zero-order valence-corrected chi connectivity index (χ0v) is 8.93. The predicted octanol–water partition coefficient (Wildman–Crippen LogP) is 0.559. The molecule has 0 atom stereocenters. The molecule has 0 aliphatic heterocycles. The first kappa shape index (κ1) is 12.0. The van der Waals surface area contributed by atoms with Gasteiger partial charge in [-0.25, -0.2) is 9.78 Å². The van der Waals surface area contributed by atoms with E-state index < -0.39 is 11.9 Å². The lowest BCUT2D eigenvalue weighted by Gasteiger charge is -2.04. The summed E-state index contributed by atoms with van der Waals surface area (Å²) < 4.78 is 14.1. The third kappa shape index (κ3) is 3.95. The molecule has 0 fully saturated rings. The van der Waals surface area contributed by atoms with E-state index in [0.717, 1.165) is 0 Å².